The van der Waals surface area contributed by atoms with Gasteiger partial charge in [0.15, 0.2) is 0 Å². The van der Waals surface area contributed by atoms with Crippen molar-refractivity contribution in [2.75, 3.05) is 13.6 Å². The number of hydrogen-bond donors (Lipinski definition) is 0. The van der Waals surface area contributed by atoms with E-state index in [2.05, 4.69) is 6.58 Å². The van der Waals surface area contributed by atoms with E-state index in [1.54, 1.807) is 36.9 Å². The number of nitrogens with zero attached hydrogens (tertiary/aromatic N) is 4. The summed E-state index contributed by atoms with van der Waals surface area (Å²) in [6.07, 6.45) is 3.26. The van der Waals surface area contributed by atoms with Crippen molar-refractivity contribution in [3.63, 3.8) is 0 Å². The van der Waals surface area contributed by atoms with E-state index in [9.17, 15) is 14.0 Å². The molecule has 0 bridgehead atoms. The molecule has 46 heavy (non-hydrogen) atoms. The molecule has 0 spiro atoms. The molecule has 0 N–H and O–H groups in total. The standard InChI is InChI=1S/C36H30F2N4O3S/c1-5-30(43)42-10-8-28-23(18-42)13-21(16-39-28)34-32(31-27(38)14-24(37)15-29(31)45-19(2)3)35-26(9-11-46-35)33(40-34)20-6-7-25-22(12-20)17-41(4)36(25)44/h5-7,9,11-16,19H,1,8,10,17-18H2,2-4H3. The zero-order valence-corrected chi connectivity index (χ0v) is 26.4. The Morgan fingerprint density at radius 3 is 2.63 bits per heavy atom. The molecule has 5 heterocycles. The second-order valence-corrected chi connectivity index (χ2v) is 12.8. The van der Waals surface area contributed by atoms with Gasteiger partial charge in [0.1, 0.15) is 17.4 Å². The molecule has 0 unspecified atom stereocenters. The second-order valence-electron chi connectivity index (χ2n) is 11.9. The van der Waals surface area contributed by atoms with Gasteiger partial charge in [0, 0.05) is 89.5 Å². The van der Waals surface area contributed by atoms with Crippen molar-refractivity contribution >= 4 is 33.2 Å². The molecule has 5 aromatic rings. The van der Waals surface area contributed by atoms with Gasteiger partial charge in [0.2, 0.25) is 5.91 Å². The average molecular weight is 637 g/mol. The van der Waals surface area contributed by atoms with Gasteiger partial charge in [-0.15, -0.1) is 11.3 Å². The average Bonchev–Trinajstić information content (AvgIpc) is 3.63. The summed E-state index contributed by atoms with van der Waals surface area (Å²) >= 11 is 1.43. The largest absolute Gasteiger partial charge is 0.490 e. The van der Waals surface area contributed by atoms with Crippen LogP contribution in [0.15, 0.2) is 66.7 Å². The molecule has 0 saturated carbocycles. The van der Waals surface area contributed by atoms with Crippen molar-refractivity contribution < 1.29 is 23.1 Å². The van der Waals surface area contributed by atoms with Gasteiger partial charge in [-0.2, -0.15) is 0 Å². The van der Waals surface area contributed by atoms with Gasteiger partial charge in [-0.3, -0.25) is 14.6 Å². The number of carbonyl (C=O) groups excluding carboxylic acids is 2. The summed E-state index contributed by atoms with van der Waals surface area (Å²) in [5, 5.41) is 2.71. The molecule has 2 aromatic carbocycles. The Balaban J connectivity index is 1.50. The minimum Gasteiger partial charge on any atom is -0.490 e. The highest BCUT2D eigenvalue weighted by Crippen LogP contribution is 2.47. The third-order valence-electron chi connectivity index (χ3n) is 8.40. The molecule has 7 rings (SSSR count). The SMILES string of the molecule is C=CC(=O)N1CCc2ncc(-c3nc(-c4ccc5c(c4)CN(C)C5=O)c4ccsc4c3-c3c(F)cc(F)cc3OC(C)C)cc2C1. The number of halogens is 2. The normalized spacial score (nSPS) is 14.2. The number of ether oxygens (including phenoxy) is 1. The maximum atomic E-state index is 16.0. The van der Waals surface area contributed by atoms with Crippen molar-refractivity contribution in [1.82, 2.24) is 19.8 Å². The fraction of sp³-hybridized carbons (Fsp3) is 0.222. The maximum Gasteiger partial charge on any atom is 0.254 e. The molecular weight excluding hydrogens is 606 g/mol. The first-order chi connectivity index (χ1) is 22.1. The zero-order valence-electron chi connectivity index (χ0n) is 25.6. The van der Waals surface area contributed by atoms with E-state index in [0.717, 1.165) is 38.5 Å². The van der Waals surface area contributed by atoms with Crippen LogP contribution in [0, 0.1) is 11.6 Å². The summed E-state index contributed by atoms with van der Waals surface area (Å²) in [6, 6.07) is 11.6. The molecular formula is C36H30F2N4O3S. The molecule has 3 aromatic heterocycles. The van der Waals surface area contributed by atoms with Gasteiger partial charge in [0.05, 0.1) is 23.1 Å². The molecule has 7 nitrogen and oxygen atoms in total. The van der Waals surface area contributed by atoms with Gasteiger partial charge < -0.3 is 14.5 Å². The van der Waals surface area contributed by atoms with Crippen LogP contribution in [-0.2, 0) is 24.3 Å². The van der Waals surface area contributed by atoms with Crippen molar-refractivity contribution in [2.24, 2.45) is 0 Å². The summed E-state index contributed by atoms with van der Waals surface area (Å²) < 4.78 is 37.4. The molecule has 0 saturated heterocycles. The number of fused-ring (bicyclic) bond motifs is 3. The van der Waals surface area contributed by atoms with E-state index in [-0.39, 0.29) is 29.2 Å². The fourth-order valence-electron chi connectivity index (χ4n) is 6.31. The molecule has 2 amide bonds. The Hall–Kier alpha value is -4.96. The van der Waals surface area contributed by atoms with Crippen LogP contribution in [0.4, 0.5) is 8.78 Å². The van der Waals surface area contributed by atoms with E-state index in [4.69, 9.17) is 14.7 Å². The lowest BCUT2D eigenvalue weighted by atomic mass is 9.93. The lowest BCUT2D eigenvalue weighted by molar-refractivity contribution is -0.126. The highest BCUT2D eigenvalue weighted by molar-refractivity contribution is 7.18. The number of hydrogen-bond acceptors (Lipinski definition) is 6. The Morgan fingerprint density at radius 2 is 1.85 bits per heavy atom. The molecule has 10 heteroatoms. The van der Waals surface area contributed by atoms with Crippen LogP contribution in [0.25, 0.3) is 43.7 Å². The molecule has 2 aliphatic heterocycles. The number of rotatable bonds is 6. The Morgan fingerprint density at radius 1 is 1.04 bits per heavy atom. The van der Waals surface area contributed by atoms with Crippen LogP contribution < -0.4 is 4.74 Å². The topological polar surface area (TPSA) is 75.6 Å². The number of benzene rings is 2. The van der Waals surface area contributed by atoms with Gasteiger partial charge in [-0.25, -0.2) is 13.8 Å². The summed E-state index contributed by atoms with van der Waals surface area (Å²) in [5.74, 6) is -1.63. The lowest BCUT2D eigenvalue weighted by Gasteiger charge is -2.27. The first kappa shape index (κ1) is 29.7. The zero-order chi connectivity index (χ0) is 32.3. The first-order valence-corrected chi connectivity index (χ1v) is 15.9. The summed E-state index contributed by atoms with van der Waals surface area (Å²) in [4.78, 5) is 38.4. The predicted octanol–water partition coefficient (Wildman–Crippen LogP) is 7.41. The molecule has 0 radical (unpaired) electrons. The van der Waals surface area contributed by atoms with E-state index >= 15 is 4.39 Å². The van der Waals surface area contributed by atoms with Crippen molar-refractivity contribution in [1.29, 1.82) is 0 Å². The van der Waals surface area contributed by atoms with Gasteiger partial charge >= 0.3 is 0 Å². The van der Waals surface area contributed by atoms with Crippen LogP contribution >= 0.6 is 11.3 Å². The number of amides is 2. The second kappa shape index (κ2) is 11.4. The quantitative estimate of drug-likeness (QED) is 0.182. The summed E-state index contributed by atoms with van der Waals surface area (Å²) in [7, 11) is 1.77. The first-order valence-electron chi connectivity index (χ1n) is 15.0. The van der Waals surface area contributed by atoms with Gasteiger partial charge in [-0.1, -0.05) is 12.6 Å². The lowest BCUT2D eigenvalue weighted by Crippen LogP contribution is -2.35. The molecule has 232 valence electrons. The number of thiophene rings is 1. The Kier molecular flexibility index (Phi) is 7.39. The fourth-order valence-corrected chi connectivity index (χ4v) is 7.26. The molecule has 2 aliphatic rings. The molecule has 0 fully saturated rings. The number of aromatic nitrogens is 2. The van der Waals surface area contributed by atoms with Gasteiger partial charge in [-0.05, 0) is 60.7 Å². The maximum absolute atomic E-state index is 16.0. The van der Waals surface area contributed by atoms with E-state index < -0.39 is 11.6 Å². The Labute approximate surface area is 268 Å². The molecule has 0 atom stereocenters. The third kappa shape index (κ3) is 5.02. The highest BCUT2D eigenvalue weighted by atomic mass is 32.1. The van der Waals surface area contributed by atoms with Crippen LogP contribution in [0.3, 0.4) is 0 Å². The van der Waals surface area contributed by atoms with E-state index in [1.165, 1.54) is 23.5 Å². The number of carbonyl (C=O) groups is 2. The minimum absolute atomic E-state index is 0.0280. The van der Waals surface area contributed by atoms with Crippen LogP contribution in [0.1, 0.15) is 41.0 Å². The predicted molar refractivity (Wildman–Crippen MR) is 175 cm³/mol. The summed E-state index contributed by atoms with van der Waals surface area (Å²) in [5.41, 5.74) is 6.41. The van der Waals surface area contributed by atoms with Gasteiger partial charge in [0.25, 0.3) is 5.91 Å². The number of pyridine rings is 2. The molecule has 0 aliphatic carbocycles. The van der Waals surface area contributed by atoms with Crippen molar-refractivity contribution in [3.8, 4) is 39.4 Å². The Bertz CT molecular complexity index is 2090. The van der Waals surface area contributed by atoms with Crippen LogP contribution in [-0.4, -0.2) is 51.3 Å². The van der Waals surface area contributed by atoms with Crippen LogP contribution in [0.5, 0.6) is 5.75 Å². The third-order valence-corrected chi connectivity index (χ3v) is 9.33. The minimum atomic E-state index is -0.770. The van der Waals surface area contributed by atoms with E-state index in [1.807, 2.05) is 35.7 Å². The highest BCUT2D eigenvalue weighted by Gasteiger charge is 2.29. The smallest absolute Gasteiger partial charge is 0.254 e. The summed E-state index contributed by atoms with van der Waals surface area (Å²) in [6.45, 7) is 8.60. The van der Waals surface area contributed by atoms with Crippen LogP contribution in [0.2, 0.25) is 0 Å². The van der Waals surface area contributed by atoms with Crippen molar-refractivity contribution in [3.05, 3.63) is 101 Å². The van der Waals surface area contributed by atoms with Crippen molar-refractivity contribution in [2.45, 2.75) is 39.5 Å². The van der Waals surface area contributed by atoms with E-state index in [0.29, 0.717) is 54.1 Å². The monoisotopic (exact) mass is 636 g/mol.